The van der Waals surface area contributed by atoms with E-state index in [2.05, 4.69) is 16.4 Å². The Morgan fingerprint density at radius 1 is 1.25 bits per heavy atom. The number of rotatable bonds is 1. The third-order valence-electron chi connectivity index (χ3n) is 3.41. The average Bonchev–Trinajstić information content (AvgIpc) is 2.46. The number of halogens is 2. The van der Waals surface area contributed by atoms with Crippen molar-refractivity contribution >= 4 is 16.6 Å². The Kier molecular flexibility index (Phi) is 3.20. The topological polar surface area (TPSA) is 52.0 Å². The highest BCUT2D eigenvalue weighted by atomic mass is 19.1. The molecule has 1 aromatic heterocycles. The number of hydrogen-bond donors (Lipinski definition) is 1. The Morgan fingerprint density at radius 3 is 2.70 bits per heavy atom. The minimum atomic E-state index is -0.708. The number of fused-ring (bicyclic) bond motifs is 1. The Labute approximate surface area is 114 Å². The lowest BCUT2D eigenvalue weighted by atomic mass is 10.1. The third kappa shape index (κ3) is 2.06. The first-order valence-electron chi connectivity index (χ1n) is 6.34. The fourth-order valence-electron chi connectivity index (χ4n) is 2.52. The zero-order chi connectivity index (χ0) is 14.1. The van der Waals surface area contributed by atoms with Gasteiger partial charge < -0.3 is 10.2 Å². The van der Waals surface area contributed by atoms with Crippen LogP contribution in [0.4, 0.5) is 14.5 Å². The smallest absolute Gasteiger partial charge is 0.152 e. The van der Waals surface area contributed by atoms with Gasteiger partial charge in [0.25, 0.3) is 0 Å². The maximum absolute atomic E-state index is 13.8. The second kappa shape index (κ2) is 5.02. The van der Waals surface area contributed by atoms with Crippen LogP contribution in [0.15, 0.2) is 18.3 Å². The molecule has 1 aliphatic heterocycles. The van der Waals surface area contributed by atoms with Gasteiger partial charge in [0.05, 0.1) is 11.3 Å². The molecule has 6 heteroatoms. The maximum atomic E-state index is 13.8. The van der Waals surface area contributed by atoms with Crippen molar-refractivity contribution in [2.45, 2.75) is 0 Å². The van der Waals surface area contributed by atoms with Crippen LogP contribution in [0.1, 0.15) is 5.56 Å². The first kappa shape index (κ1) is 12.8. The molecule has 3 rings (SSSR count). The molecule has 1 saturated heterocycles. The third-order valence-corrected chi connectivity index (χ3v) is 3.41. The van der Waals surface area contributed by atoms with Crippen LogP contribution in [0, 0.1) is 23.0 Å². The molecular weight excluding hydrogens is 262 g/mol. The van der Waals surface area contributed by atoms with Crippen molar-refractivity contribution in [2.75, 3.05) is 31.1 Å². The van der Waals surface area contributed by atoms with Crippen molar-refractivity contribution in [1.29, 1.82) is 5.26 Å². The number of nitriles is 1. The molecule has 0 saturated carbocycles. The molecule has 1 N–H and O–H groups in total. The molecule has 1 aliphatic rings. The van der Waals surface area contributed by atoms with E-state index >= 15 is 0 Å². The van der Waals surface area contributed by atoms with Crippen molar-refractivity contribution in [2.24, 2.45) is 0 Å². The number of nitrogens with zero attached hydrogens (tertiary/aromatic N) is 3. The molecule has 20 heavy (non-hydrogen) atoms. The summed E-state index contributed by atoms with van der Waals surface area (Å²) in [5.41, 5.74) is 1.00. The zero-order valence-corrected chi connectivity index (χ0v) is 10.7. The molecule has 0 radical (unpaired) electrons. The number of pyridine rings is 1. The van der Waals surface area contributed by atoms with Gasteiger partial charge in [0.2, 0.25) is 0 Å². The van der Waals surface area contributed by atoms with Crippen molar-refractivity contribution in [3.8, 4) is 6.07 Å². The quantitative estimate of drug-likeness (QED) is 0.861. The summed E-state index contributed by atoms with van der Waals surface area (Å²) >= 11 is 0. The van der Waals surface area contributed by atoms with Gasteiger partial charge in [0.1, 0.15) is 17.4 Å². The van der Waals surface area contributed by atoms with Gasteiger partial charge in [-0.3, -0.25) is 4.98 Å². The Bertz CT molecular complexity index is 702. The van der Waals surface area contributed by atoms with Gasteiger partial charge in [0, 0.05) is 43.8 Å². The van der Waals surface area contributed by atoms with Crippen molar-refractivity contribution in [1.82, 2.24) is 10.3 Å². The van der Waals surface area contributed by atoms with E-state index in [1.165, 1.54) is 12.3 Å². The fourth-order valence-corrected chi connectivity index (χ4v) is 2.52. The second-order valence-electron chi connectivity index (χ2n) is 4.65. The second-order valence-corrected chi connectivity index (χ2v) is 4.65. The predicted molar refractivity (Wildman–Crippen MR) is 71.5 cm³/mol. The van der Waals surface area contributed by atoms with Gasteiger partial charge in [0.15, 0.2) is 5.82 Å². The molecule has 1 aromatic carbocycles. The molecule has 2 heterocycles. The monoisotopic (exact) mass is 274 g/mol. The molecule has 4 nitrogen and oxygen atoms in total. The summed E-state index contributed by atoms with van der Waals surface area (Å²) in [7, 11) is 0. The number of nitrogens with one attached hydrogen (secondary N) is 1. The van der Waals surface area contributed by atoms with Gasteiger partial charge >= 0.3 is 0 Å². The molecule has 0 aliphatic carbocycles. The van der Waals surface area contributed by atoms with E-state index in [4.69, 9.17) is 0 Å². The zero-order valence-electron chi connectivity index (χ0n) is 10.7. The van der Waals surface area contributed by atoms with E-state index in [0.717, 1.165) is 19.2 Å². The lowest BCUT2D eigenvalue weighted by Gasteiger charge is -2.31. The molecule has 0 bridgehead atoms. The number of piperazine rings is 1. The van der Waals surface area contributed by atoms with Crippen molar-refractivity contribution in [3.05, 3.63) is 35.5 Å². The highest BCUT2D eigenvalue weighted by Gasteiger charge is 2.20. The molecule has 0 unspecified atom stereocenters. The van der Waals surface area contributed by atoms with Crippen LogP contribution < -0.4 is 10.2 Å². The van der Waals surface area contributed by atoms with Crippen LogP contribution in [0.3, 0.4) is 0 Å². The first-order valence-corrected chi connectivity index (χ1v) is 6.34. The highest BCUT2D eigenvalue weighted by molar-refractivity contribution is 5.94. The van der Waals surface area contributed by atoms with Gasteiger partial charge in [-0.2, -0.15) is 5.26 Å². The largest absolute Gasteiger partial charge is 0.367 e. The summed E-state index contributed by atoms with van der Waals surface area (Å²) in [6.45, 7) is 2.91. The Balaban J connectivity index is 2.28. The van der Waals surface area contributed by atoms with Crippen molar-refractivity contribution < 1.29 is 8.78 Å². The summed E-state index contributed by atoms with van der Waals surface area (Å²) in [6.07, 6.45) is 1.35. The summed E-state index contributed by atoms with van der Waals surface area (Å²) in [6, 6.07) is 4.10. The number of aromatic nitrogens is 1. The minimum absolute atomic E-state index is 0.0962. The summed E-state index contributed by atoms with van der Waals surface area (Å²) in [5.74, 6) is -1.37. The predicted octanol–water partition coefficient (Wildman–Crippen LogP) is 1.79. The normalized spacial score (nSPS) is 15.3. The van der Waals surface area contributed by atoms with E-state index in [0.29, 0.717) is 29.7 Å². The summed E-state index contributed by atoms with van der Waals surface area (Å²) in [5, 5.41) is 12.8. The van der Waals surface area contributed by atoms with Crippen LogP contribution in [0.2, 0.25) is 0 Å². The van der Waals surface area contributed by atoms with Crippen molar-refractivity contribution in [3.63, 3.8) is 0 Å². The van der Waals surface area contributed by atoms with E-state index in [1.807, 2.05) is 4.90 Å². The van der Waals surface area contributed by atoms with E-state index in [-0.39, 0.29) is 5.52 Å². The van der Waals surface area contributed by atoms with Gasteiger partial charge in [-0.05, 0) is 6.07 Å². The van der Waals surface area contributed by atoms with Crippen LogP contribution in [-0.4, -0.2) is 31.2 Å². The fraction of sp³-hybridized carbons (Fsp3) is 0.286. The van der Waals surface area contributed by atoms with E-state index < -0.39 is 11.6 Å². The number of hydrogen-bond acceptors (Lipinski definition) is 4. The number of anilines is 1. The van der Waals surface area contributed by atoms with E-state index in [9.17, 15) is 14.0 Å². The van der Waals surface area contributed by atoms with Gasteiger partial charge in [-0.15, -0.1) is 0 Å². The van der Waals surface area contributed by atoms with Gasteiger partial charge in [-0.25, -0.2) is 8.78 Å². The first-order chi connectivity index (χ1) is 9.70. The van der Waals surface area contributed by atoms with Crippen LogP contribution in [-0.2, 0) is 0 Å². The van der Waals surface area contributed by atoms with E-state index in [1.54, 1.807) is 0 Å². The molecule has 1 fully saturated rings. The summed E-state index contributed by atoms with van der Waals surface area (Å²) in [4.78, 5) is 5.91. The lowest BCUT2D eigenvalue weighted by Crippen LogP contribution is -2.44. The molecular formula is C14H12F2N4. The highest BCUT2D eigenvalue weighted by Crippen LogP contribution is 2.31. The van der Waals surface area contributed by atoms with Gasteiger partial charge in [-0.1, -0.05) is 0 Å². The molecule has 2 aromatic rings. The standard InChI is InChI=1S/C14H12F2N4/c15-10-5-11-13(12(16)6-10)19-8-9(7-17)14(11)20-3-1-18-2-4-20/h5-6,8,18H,1-4H2. The number of benzene rings is 1. The van der Waals surface area contributed by atoms with Crippen LogP contribution in [0.5, 0.6) is 0 Å². The maximum Gasteiger partial charge on any atom is 0.152 e. The summed E-state index contributed by atoms with van der Waals surface area (Å²) < 4.78 is 27.3. The van der Waals surface area contributed by atoms with Crippen LogP contribution in [0.25, 0.3) is 10.9 Å². The molecule has 0 amide bonds. The Morgan fingerprint density at radius 2 is 2.00 bits per heavy atom. The molecule has 102 valence electrons. The molecule has 0 spiro atoms. The molecule has 0 atom stereocenters. The SMILES string of the molecule is N#Cc1cnc2c(F)cc(F)cc2c1N1CCNCC1. The Hall–Kier alpha value is -2.26. The van der Waals surface area contributed by atoms with Crippen LogP contribution >= 0.6 is 0 Å². The lowest BCUT2D eigenvalue weighted by molar-refractivity contribution is 0.585. The average molecular weight is 274 g/mol. The minimum Gasteiger partial charge on any atom is -0.367 e.